The third-order valence-electron chi connectivity index (χ3n) is 2.93. The van der Waals surface area contributed by atoms with E-state index >= 15 is 0 Å². The number of hydrogen-bond acceptors (Lipinski definition) is 4. The summed E-state index contributed by atoms with van der Waals surface area (Å²) < 4.78 is 10.4. The number of rotatable bonds is 3. The average molecular weight is 248 g/mol. The minimum atomic E-state index is -1.11. The predicted octanol–water partition coefficient (Wildman–Crippen LogP) is 2.13. The number of carbonyl (C=O) groups is 2. The second kappa shape index (κ2) is 4.80. The van der Waals surface area contributed by atoms with Crippen LogP contribution >= 0.6 is 0 Å². The van der Waals surface area contributed by atoms with E-state index in [1.54, 1.807) is 0 Å². The van der Waals surface area contributed by atoms with Crippen LogP contribution in [0.15, 0.2) is 24.3 Å². The third-order valence-corrected chi connectivity index (χ3v) is 2.93. The predicted molar refractivity (Wildman–Crippen MR) is 64.7 cm³/mol. The molecule has 1 saturated heterocycles. The molecule has 96 valence electrons. The van der Waals surface area contributed by atoms with Crippen LogP contribution in [0.5, 0.6) is 0 Å². The Morgan fingerprint density at radius 1 is 1.39 bits per heavy atom. The molecule has 1 atom stereocenters. The van der Waals surface area contributed by atoms with Gasteiger partial charge in [0.1, 0.15) is 0 Å². The van der Waals surface area contributed by atoms with Crippen molar-refractivity contribution < 1.29 is 19.1 Å². The van der Waals surface area contributed by atoms with E-state index in [9.17, 15) is 9.59 Å². The Bertz CT molecular complexity index is 463. The fourth-order valence-corrected chi connectivity index (χ4v) is 2.11. The molecule has 1 heterocycles. The zero-order valence-corrected chi connectivity index (χ0v) is 10.6. The van der Waals surface area contributed by atoms with Crippen molar-refractivity contribution in [1.29, 1.82) is 0 Å². The van der Waals surface area contributed by atoms with Crippen LogP contribution in [0, 0.1) is 6.92 Å². The molecule has 0 N–H and O–H groups in total. The smallest absolute Gasteiger partial charge is 0.309 e. The minimum absolute atomic E-state index is 0.291. The molecule has 4 heteroatoms. The Labute approximate surface area is 106 Å². The van der Waals surface area contributed by atoms with E-state index in [0.717, 1.165) is 11.1 Å². The summed E-state index contributed by atoms with van der Waals surface area (Å²) in [5.74, 6) is -1.86. The van der Waals surface area contributed by atoms with E-state index in [1.165, 1.54) is 6.92 Å². The maximum Gasteiger partial charge on any atom is 0.309 e. The summed E-state index contributed by atoms with van der Waals surface area (Å²) >= 11 is 0. The number of hydrogen-bond donors (Lipinski definition) is 0. The summed E-state index contributed by atoms with van der Waals surface area (Å²) in [4.78, 5) is 22.4. The maximum atomic E-state index is 11.3. The molecule has 1 fully saturated rings. The van der Waals surface area contributed by atoms with Crippen LogP contribution in [0.2, 0.25) is 0 Å². The molecule has 1 unspecified atom stereocenters. The van der Waals surface area contributed by atoms with Crippen LogP contribution in [-0.2, 0) is 25.5 Å². The molecule has 18 heavy (non-hydrogen) atoms. The monoisotopic (exact) mass is 248 g/mol. The van der Waals surface area contributed by atoms with Gasteiger partial charge in [-0.2, -0.15) is 0 Å². The van der Waals surface area contributed by atoms with Crippen LogP contribution in [0.25, 0.3) is 0 Å². The van der Waals surface area contributed by atoms with E-state index in [-0.39, 0.29) is 5.97 Å². The van der Waals surface area contributed by atoms with Gasteiger partial charge in [0, 0.05) is 13.3 Å². The van der Waals surface area contributed by atoms with Crippen LogP contribution in [0.3, 0.4) is 0 Å². The molecule has 0 saturated carbocycles. The lowest BCUT2D eigenvalue weighted by molar-refractivity contribution is -0.212. The van der Waals surface area contributed by atoms with E-state index in [2.05, 4.69) is 0 Å². The Hall–Kier alpha value is -1.84. The molecule has 0 radical (unpaired) electrons. The molecule has 1 aromatic rings. The van der Waals surface area contributed by atoms with Crippen LogP contribution in [-0.4, -0.2) is 17.7 Å². The van der Waals surface area contributed by atoms with Gasteiger partial charge in [-0.15, -0.1) is 0 Å². The Morgan fingerprint density at radius 2 is 2.06 bits per heavy atom. The highest BCUT2D eigenvalue weighted by atomic mass is 16.7. The Balaban J connectivity index is 2.17. The highest BCUT2D eigenvalue weighted by Crippen LogP contribution is 2.32. The highest BCUT2D eigenvalue weighted by molar-refractivity contribution is 5.73. The van der Waals surface area contributed by atoms with Gasteiger partial charge in [0.05, 0.1) is 12.8 Å². The first-order valence-electron chi connectivity index (χ1n) is 5.96. The largest absolute Gasteiger partial charge is 0.422 e. The number of esters is 2. The lowest BCUT2D eigenvalue weighted by Crippen LogP contribution is -2.36. The molecule has 0 amide bonds. The number of benzene rings is 1. The zero-order valence-electron chi connectivity index (χ0n) is 10.6. The molecular formula is C14H16O4. The van der Waals surface area contributed by atoms with E-state index < -0.39 is 11.8 Å². The van der Waals surface area contributed by atoms with Gasteiger partial charge < -0.3 is 9.47 Å². The lowest BCUT2D eigenvalue weighted by atomic mass is 10.0. The van der Waals surface area contributed by atoms with Crippen molar-refractivity contribution in [3.05, 3.63) is 35.4 Å². The van der Waals surface area contributed by atoms with Crippen molar-refractivity contribution in [3.8, 4) is 0 Å². The lowest BCUT2D eigenvalue weighted by Gasteiger charge is -2.26. The first-order valence-corrected chi connectivity index (χ1v) is 5.96. The summed E-state index contributed by atoms with van der Waals surface area (Å²) in [6.07, 6.45) is 1.11. The molecular weight excluding hydrogens is 232 g/mol. The molecule has 1 aliphatic rings. The van der Waals surface area contributed by atoms with Crippen molar-refractivity contribution in [2.24, 2.45) is 0 Å². The van der Waals surface area contributed by atoms with Crippen LogP contribution in [0.1, 0.15) is 30.9 Å². The van der Waals surface area contributed by atoms with Crippen molar-refractivity contribution in [2.75, 3.05) is 0 Å². The number of ether oxygens (including phenoxy) is 2. The first kappa shape index (κ1) is 12.6. The summed E-state index contributed by atoms with van der Waals surface area (Å²) in [6, 6.07) is 7.86. The van der Waals surface area contributed by atoms with Gasteiger partial charge in [-0.1, -0.05) is 29.8 Å². The summed E-state index contributed by atoms with van der Waals surface area (Å²) in [5.41, 5.74) is 2.14. The van der Waals surface area contributed by atoms with Crippen molar-refractivity contribution in [1.82, 2.24) is 0 Å². The summed E-state index contributed by atoms with van der Waals surface area (Å²) in [5, 5.41) is 0. The van der Waals surface area contributed by atoms with E-state index in [0.29, 0.717) is 19.3 Å². The van der Waals surface area contributed by atoms with Crippen molar-refractivity contribution in [3.63, 3.8) is 0 Å². The van der Waals surface area contributed by atoms with Crippen molar-refractivity contribution in [2.45, 2.75) is 38.9 Å². The summed E-state index contributed by atoms with van der Waals surface area (Å²) in [6.45, 7) is 3.32. The highest BCUT2D eigenvalue weighted by Gasteiger charge is 2.43. The molecule has 0 aliphatic carbocycles. The number of aryl methyl sites for hydroxylation is 1. The quantitative estimate of drug-likeness (QED) is 0.769. The van der Waals surface area contributed by atoms with Crippen LogP contribution in [0.4, 0.5) is 0 Å². The standard InChI is InChI=1S/C14H16O4/c1-10-3-5-12(6-4-10)9-14(17-11(2)15)8-7-13(16)18-14/h3-6H,7-9H2,1-2H3. The zero-order chi connectivity index (χ0) is 13.2. The molecule has 1 aliphatic heterocycles. The van der Waals surface area contributed by atoms with Gasteiger partial charge in [0.2, 0.25) is 0 Å². The Morgan fingerprint density at radius 3 is 2.56 bits per heavy atom. The summed E-state index contributed by atoms with van der Waals surface area (Å²) in [7, 11) is 0. The van der Waals surface area contributed by atoms with E-state index in [1.807, 2.05) is 31.2 Å². The second-order valence-corrected chi connectivity index (χ2v) is 4.64. The average Bonchev–Trinajstić information content (AvgIpc) is 2.62. The molecule has 0 bridgehead atoms. The minimum Gasteiger partial charge on any atom is -0.422 e. The molecule has 1 aromatic carbocycles. The van der Waals surface area contributed by atoms with Crippen LogP contribution < -0.4 is 0 Å². The molecule has 0 aromatic heterocycles. The first-order chi connectivity index (χ1) is 8.49. The number of cyclic esters (lactones) is 1. The molecule has 4 nitrogen and oxygen atoms in total. The third kappa shape index (κ3) is 2.88. The second-order valence-electron chi connectivity index (χ2n) is 4.64. The fourth-order valence-electron chi connectivity index (χ4n) is 2.11. The van der Waals surface area contributed by atoms with Gasteiger partial charge in [0.15, 0.2) is 0 Å². The number of carbonyl (C=O) groups excluding carboxylic acids is 2. The van der Waals surface area contributed by atoms with Gasteiger partial charge in [-0.3, -0.25) is 9.59 Å². The normalized spacial score (nSPS) is 22.7. The van der Waals surface area contributed by atoms with Gasteiger partial charge in [0.25, 0.3) is 5.79 Å². The van der Waals surface area contributed by atoms with Crippen molar-refractivity contribution >= 4 is 11.9 Å². The fraction of sp³-hybridized carbons (Fsp3) is 0.429. The van der Waals surface area contributed by atoms with Gasteiger partial charge in [-0.25, -0.2) is 0 Å². The topological polar surface area (TPSA) is 52.6 Å². The Kier molecular flexibility index (Phi) is 3.36. The van der Waals surface area contributed by atoms with Gasteiger partial charge >= 0.3 is 11.9 Å². The molecule has 2 rings (SSSR count). The SMILES string of the molecule is CC(=O)OC1(Cc2ccc(C)cc2)CCC(=O)O1. The van der Waals surface area contributed by atoms with E-state index in [4.69, 9.17) is 9.47 Å². The molecule has 0 spiro atoms. The maximum absolute atomic E-state index is 11.3. The van der Waals surface area contributed by atoms with Gasteiger partial charge in [-0.05, 0) is 12.5 Å².